The topological polar surface area (TPSA) is 41.5 Å². The second-order valence-corrected chi connectivity index (χ2v) is 3.95. The van der Waals surface area contributed by atoms with Gasteiger partial charge in [0.15, 0.2) is 6.10 Å². The predicted octanol–water partition coefficient (Wildman–Crippen LogP) is 2.27. The van der Waals surface area contributed by atoms with Crippen LogP contribution in [-0.4, -0.2) is 31.0 Å². The van der Waals surface area contributed by atoms with Gasteiger partial charge in [0.1, 0.15) is 12.4 Å². The first-order valence-electron chi connectivity index (χ1n) is 5.49. The van der Waals surface area contributed by atoms with Gasteiger partial charge in [-0.25, -0.2) is 0 Å². The van der Waals surface area contributed by atoms with E-state index < -0.39 is 18.9 Å². The smallest absolute Gasteiger partial charge is 0.417 e. The van der Waals surface area contributed by atoms with Crippen molar-refractivity contribution < 1.29 is 23.0 Å². The van der Waals surface area contributed by atoms with Gasteiger partial charge in [-0.15, -0.1) is 0 Å². The predicted molar refractivity (Wildman–Crippen MR) is 61.5 cm³/mol. The Bertz CT molecular complexity index is 365. The van der Waals surface area contributed by atoms with E-state index in [2.05, 4.69) is 5.32 Å². The van der Waals surface area contributed by atoms with E-state index in [0.29, 0.717) is 5.75 Å². The summed E-state index contributed by atoms with van der Waals surface area (Å²) in [6, 6.07) is 6.82. The number of hydrogen-bond acceptors (Lipinski definition) is 3. The summed E-state index contributed by atoms with van der Waals surface area (Å²) in [5.74, 6) is 0.297. The molecule has 0 fully saturated rings. The highest BCUT2D eigenvalue weighted by molar-refractivity contribution is 5.28. The number of aliphatic hydroxyl groups is 1. The minimum Gasteiger partial charge on any atom is -0.491 e. The average molecular weight is 263 g/mol. The van der Waals surface area contributed by atoms with Crippen LogP contribution in [0.5, 0.6) is 5.75 Å². The van der Waals surface area contributed by atoms with Crippen molar-refractivity contribution in [2.75, 3.05) is 13.7 Å². The van der Waals surface area contributed by atoms with E-state index in [4.69, 9.17) is 9.84 Å². The van der Waals surface area contributed by atoms with Crippen LogP contribution in [0.25, 0.3) is 0 Å². The minimum absolute atomic E-state index is 0.153. The maximum Gasteiger partial charge on any atom is 0.417 e. The molecule has 0 saturated heterocycles. The first kappa shape index (κ1) is 14.8. The lowest BCUT2D eigenvalue weighted by Crippen LogP contribution is -2.34. The molecule has 102 valence electrons. The maximum atomic E-state index is 12.0. The molecule has 0 aliphatic rings. The van der Waals surface area contributed by atoms with Crippen LogP contribution >= 0.6 is 0 Å². The van der Waals surface area contributed by atoms with Crippen LogP contribution in [0.15, 0.2) is 24.3 Å². The molecule has 0 heterocycles. The Hall–Kier alpha value is -1.27. The zero-order chi connectivity index (χ0) is 13.8. The summed E-state index contributed by atoms with van der Waals surface area (Å²) in [4.78, 5) is 0. The number of nitrogens with one attached hydrogen (secondary N) is 1. The fraction of sp³-hybridized carbons (Fsp3) is 0.500. The summed E-state index contributed by atoms with van der Waals surface area (Å²) in [6.45, 7) is 1.16. The fourth-order valence-electron chi connectivity index (χ4n) is 1.29. The summed E-state index contributed by atoms with van der Waals surface area (Å²) in [7, 11) is 1.81. The largest absolute Gasteiger partial charge is 0.491 e. The summed E-state index contributed by atoms with van der Waals surface area (Å²) in [5, 5.41) is 11.8. The molecular weight excluding hydrogens is 247 g/mol. The second-order valence-electron chi connectivity index (χ2n) is 3.95. The molecule has 2 unspecified atom stereocenters. The molecule has 0 aliphatic heterocycles. The Labute approximate surface area is 104 Å². The van der Waals surface area contributed by atoms with Crippen molar-refractivity contribution in [2.24, 2.45) is 0 Å². The number of hydrogen-bond donors (Lipinski definition) is 2. The van der Waals surface area contributed by atoms with Gasteiger partial charge in [-0.05, 0) is 31.7 Å². The first-order chi connectivity index (χ1) is 8.34. The van der Waals surface area contributed by atoms with Gasteiger partial charge in [0.25, 0.3) is 0 Å². The molecule has 0 spiro atoms. The van der Waals surface area contributed by atoms with Crippen LogP contribution < -0.4 is 10.1 Å². The van der Waals surface area contributed by atoms with E-state index in [1.807, 2.05) is 14.0 Å². The van der Waals surface area contributed by atoms with Crippen LogP contribution in [0.1, 0.15) is 18.5 Å². The average Bonchev–Trinajstić information content (AvgIpc) is 2.34. The van der Waals surface area contributed by atoms with E-state index in [1.165, 1.54) is 0 Å². The van der Waals surface area contributed by atoms with Crippen molar-refractivity contribution in [2.45, 2.75) is 25.2 Å². The highest BCUT2D eigenvalue weighted by atomic mass is 19.4. The van der Waals surface area contributed by atoms with Crippen molar-refractivity contribution in [3.05, 3.63) is 29.8 Å². The van der Waals surface area contributed by atoms with Gasteiger partial charge in [0.2, 0.25) is 0 Å². The lowest BCUT2D eigenvalue weighted by atomic mass is 10.1. The van der Waals surface area contributed by atoms with Gasteiger partial charge >= 0.3 is 6.18 Å². The van der Waals surface area contributed by atoms with Crippen molar-refractivity contribution in [3.63, 3.8) is 0 Å². The Kier molecular flexibility index (Phi) is 4.98. The van der Waals surface area contributed by atoms with Crippen LogP contribution in [-0.2, 0) is 0 Å². The number of rotatable bonds is 5. The molecule has 1 aromatic carbocycles. The van der Waals surface area contributed by atoms with E-state index in [1.54, 1.807) is 24.3 Å². The molecule has 2 N–H and O–H groups in total. The minimum atomic E-state index is -4.65. The van der Waals surface area contributed by atoms with Crippen LogP contribution in [0, 0.1) is 0 Å². The molecule has 2 atom stereocenters. The second kappa shape index (κ2) is 6.06. The summed E-state index contributed by atoms with van der Waals surface area (Å²) in [5.41, 5.74) is 1.00. The van der Waals surface area contributed by atoms with Crippen LogP contribution in [0.4, 0.5) is 13.2 Å². The van der Waals surface area contributed by atoms with Gasteiger partial charge in [-0.1, -0.05) is 12.1 Å². The quantitative estimate of drug-likeness (QED) is 0.856. The molecule has 0 amide bonds. The lowest BCUT2D eigenvalue weighted by Gasteiger charge is -2.16. The van der Waals surface area contributed by atoms with Crippen LogP contribution in [0.2, 0.25) is 0 Å². The number of benzene rings is 1. The Morgan fingerprint density at radius 3 is 2.28 bits per heavy atom. The third-order valence-corrected chi connectivity index (χ3v) is 2.60. The van der Waals surface area contributed by atoms with Crippen molar-refractivity contribution in [1.29, 1.82) is 0 Å². The number of halogens is 3. The molecule has 6 heteroatoms. The summed E-state index contributed by atoms with van der Waals surface area (Å²) >= 11 is 0. The van der Waals surface area contributed by atoms with E-state index in [-0.39, 0.29) is 6.04 Å². The molecule has 1 aromatic rings. The highest BCUT2D eigenvalue weighted by Gasteiger charge is 2.38. The molecule has 3 nitrogen and oxygen atoms in total. The Morgan fingerprint density at radius 2 is 1.83 bits per heavy atom. The molecule has 0 aromatic heterocycles. The fourth-order valence-corrected chi connectivity index (χ4v) is 1.29. The molecule has 0 bridgehead atoms. The Morgan fingerprint density at radius 1 is 1.28 bits per heavy atom. The number of alkyl halides is 3. The molecule has 0 saturated carbocycles. The van der Waals surface area contributed by atoms with Gasteiger partial charge in [0, 0.05) is 6.04 Å². The van der Waals surface area contributed by atoms with E-state index in [9.17, 15) is 13.2 Å². The van der Waals surface area contributed by atoms with Gasteiger partial charge in [-0.3, -0.25) is 0 Å². The third kappa shape index (κ3) is 4.19. The summed E-state index contributed by atoms with van der Waals surface area (Å²) in [6.07, 6.45) is -7.12. The molecular formula is C12H16F3NO2. The molecule has 18 heavy (non-hydrogen) atoms. The van der Waals surface area contributed by atoms with Crippen molar-refractivity contribution in [3.8, 4) is 5.75 Å². The summed E-state index contributed by atoms with van der Waals surface area (Å²) < 4.78 is 41.0. The molecule has 1 rings (SSSR count). The van der Waals surface area contributed by atoms with E-state index in [0.717, 1.165) is 5.56 Å². The normalized spacial score (nSPS) is 15.2. The third-order valence-electron chi connectivity index (χ3n) is 2.60. The monoisotopic (exact) mass is 263 g/mol. The SMILES string of the molecule is CNC(C)c1ccc(OCC(O)C(F)(F)F)cc1. The number of aliphatic hydroxyl groups excluding tert-OH is 1. The zero-order valence-electron chi connectivity index (χ0n) is 10.2. The van der Waals surface area contributed by atoms with Crippen molar-refractivity contribution >= 4 is 0 Å². The standard InChI is InChI=1S/C12H16F3NO2/c1-8(16-2)9-3-5-10(6-4-9)18-7-11(17)12(13,14)15/h3-6,8,11,16-17H,7H2,1-2H3. The van der Waals surface area contributed by atoms with E-state index >= 15 is 0 Å². The van der Waals surface area contributed by atoms with Gasteiger partial charge in [-0.2, -0.15) is 13.2 Å². The molecule has 0 radical (unpaired) electrons. The zero-order valence-corrected chi connectivity index (χ0v) is 10.2. The molecule has 0 aliphatic carbocycles. The Balaban J connectivity index is 2.54. The number of ether oxygens (including phenoxy) is 1. The van der Waals surface area contributed by atoms with Gasteiger partial charge in [0.05, 0.1) is 0 Å². The van der Waals surface area contributed by atoms with Gasteiger partial charge < -0.3 is 15.2 Å². The maximum absolute atomic E-state index is 12.0. The highest BCUT2D eigenvalue weighted by Crippen LogP contribution is 2.22. The van der Waals surface area contributed by atoms with Crippen LogP contribution in [0.3, 0.4) is 0 Å². The first-order valence-corrected chi connectivity index (χ1v) is 5.49. The van der Waals surface area contributed by atoms with Crippen molar-refractivity contribution in [1.82, 2.24) is 5.32 Å². The lowest BCUT2D eigenvalue weighted by molar-refractivity contribution is -0.210.